The highest BCUT2D eigenvalue weighted by atomic mass is 19.4. The molecule has 0 aromatic rings. The summed E-state index contributed by atoms with van der Waals surface area (Å²) in [6.45, 7) is 1.19. The molecule has 1 heterocycles. The van der Waals surface area contributed by atoms with Crippen molar-refractivity contribution >= 4 is 0 Å². The predicted octanol–water partition coefficient (Wildman–Crippen LogP) is 1.50. The molecule has 0 aromatic heterocycles. The molecular weight excluding hydrogens is 219 g/mol. The predicted molar refractivity (Wildman–Crippen MR) is 53.4 cm³/mol. The van der Waals surface area contributed by atoms with Crippen LogP contribution >= 0.6 is 0 Å². The lowest BCUT2D eigenvalue weighted by Gasteiger charge is -2.33. The Morgan fingerprint density at radius 2 is 2.19 bits per heavy atom. The summed E-state index contributed by atoms with van der Waals surface area (Å²) in [7, 11) is 0. The summed E-state index contributed by atoms with van der Waals surface area (Å²) >= 11 is 0. The smallest absolute Gasteiger partial charge is 0.316 e. The van der Waals surface area contributed by atoms with Gasteiger partial charge >= 0.3 is 6.18 Å². The number of likely N-dealkylation sites (tertiary alicyclic amines) is 1. The number of piperidine rings is 1. The molecule has 1 aliphatic heterocycles. The molecule has 1 aliphatic rings. The molecule has 0 saturated carbocycles. The Hall–Kier alpha value is -0.800. The molecule has 0 aliphatic carbocycles. The first kappa shape index (κ1) is 13.3. The second kappa shape index (κ2) is 5.51. The van der Waals surface area contributed by atoms with Gasteiger partial charge in [0.05, 0.1) is 18.0 Å². The summed E-state index contributed by atoms with van der Waals surface area (Å²) < 4.78 is 37.4. The van der Waals surface area contributed by atoms with Crippen LogP contribution in [0.5, 0.6) is 0 Å². The maximum absolute atomic E-state index is 12.5. The Morgan fingerprint density at radius 1 is 1.50 bits per heavy atom. The molecule has 2 unspecified atom stereocenters. The summed E-state index contributed by atoms with van der Waals surface area (Å²) in [5, 5.41) is 8.47. The van der Waals surface area contributed by atoms with Crippen LogP contribution in [0.2, 0.25) is 0 Å². The number of nitrogens with zero attached hydrogens (tertiary/aromatic N) is 2. The third-order valence-corrected chi connectivity index (χ3v) is 2.89. The van der Waals surface area contributed by atoms with Gasteiger partial charge in [0.2, 0.25) is 0 Å². The van der Waals surface area contributed by atoms with Crippen molar-refractivity contribution in [3.8, 4) is 6.07 Å². The average molecular weight is 235 g/mol. The molecule has 0 aromatic carbocycles. The fourth-order valence-electron chi connectivity index (χ4n) is 1.91. The van der Waals surface area contributed by atoms with Crippen LogP contribution in [0, 0.1) is 17.2 Å². The van der Waals surface area contributed by atoms with Crippen molar-refractivity contribution in [2.45, 2.75) is 31.5 Å². The van der Waals surface area contributed by atoms with Crippen LogP contribution in [-0.4, -0.2) is 36.8 Å². The maximum Gasteiger partial charge on any atom is 0.393 e. The number of nitriles is 1. The Morgan fingerprint density at radius 3 is 2.75 bits per heavy atom. The van der Waals surface area contributed by atoms with Crippen molar-refractivity contribution < 1.29 is 13.2 Å². The normalized spacial score (nSPS) is 25.1. The molecular formula is C10H16F3N3. The van der Waals surface area contributed by atoms with Crippen LogP contribution in [0.15, 0.2) is 0 Å². The minimum Gasteiger partial charge on any atom is -0.316 e. The fourth-order valence-corrected chi connectivity index (χ4v) is 1.91. The second-order valence-corrected chi connectivity index (χ2v) is 4.21. The van der Waals surface area contributed by atoms with E-state index in [9.17, 15) is 13.2 Å². The lowest BCUT2D eigenvalue weighted by Crippen LogP contribution is -2.43. The summed E-state index contributed by atoms with van der Waals surface area (Å²) in [4.78, 5) is 1.75. The van der Waals surface area contributed by atoms with Crippen molar-refractivity contribution in [3.05, 3.63) is 0 Å². The lowest BCUT2D eigenvalue weighted by atomic mass is 9.97. The average Bonchev–Trinajstić information content (AvgIpc) is 2.25. The molecule has 16 heavy (non-hydrogen) atoms. The molecule has 2 atom stereocenters. The molecule has 0 bridgehead atoms. The highest BCUT2D eigenvalue weighted by Crippen LogP contribution is 2.33. The Kier molecular flexibility index (Phi) is 4.56. The van der Waals surface area contributed by atoms with E-state index < -0.39 is 18.1 Å². The minimum absolute atomic E-state index is 0.0433. The van der Waals surface area contributed by atoms with E-state index in [0.717, 1.165) is 0 Å². The van der Waals surface area contributed by atoms with Gasteiger partial charge in [-0.05, 0) is 25.8 Å². The quantitative estimate of drug-likeness (QED) is 0.806. The fraction of sp³-hybridized carbons (Fsp3) is 0.900. The highest BCUT2D eigenvalue weighted by molar-refractivity contribution is 4.87. The van der Waals surface area contributed by atoms with Crippen LogP contribution in [0.1, 0.15) is 19.3 Å². The molecule has 1 fully saturated rings. The van der Waals surface area contributed by atoms with Gasteiger partial charge in [0.1, 0.15) is 0 Å². The lowest BCUT2D eigenvalue weighted by molar-refractivity contribution is -0.186. The SMILES string of the molecule is N#CC(N)CCN1CCCC(C(F)(F)F)C1. The van der Waals surface area contributed by atoms with E-state index >= 15 is 0 Å². The van der Waals surface area contributed by atoms with Gasteiger partial charge in [-0.25, -0.2) is 0 Å². The molecule has 3 nitrogen and oxygen atoms in total. The third kappa shape index (κ3) is 3.99. The van der Waals surface area contributed by atoms with Crippen LogP contribution in [0.4, 0.5) is 13.2 Å². The van der Waals surface area contributed by atoms with Crippen molar-refractivity contribution in [1.82, 2.24) is 4.90 Å². The van der Waals surface area contributed by atoms with Crippen molar-refractivity contribution in [2.75, 3.05) is 19.6 Å². The Labute approximate surface area is 93.0 Å². The molecule has 1 saturated heterocycles. The Balaban J connectivity index is 2.37. The molecule has 2 N–H and O–H groups in total. The van der Waals surface area contributed by atoms with Gasteiger partial charge in [0, 0.05) is 13.1 Å². The molecule has 6 heteroatoms. The first-order valence-corrected chi connectivity index (χ1v) is 5.37. The molecule has 0 amide bonds. The number of halogens is 3. The van der Waals surface area contributed by atoms with Crippen molar-refractivity contribution in [2.24, 2.45) is 11.7 Å². The molecule has 0 radical (unpaired) electrons. The van der Waals surface area contributed by atoms with Crippen molar-refractivity contribution in [1.29, 1.82) is 5.26 Å². The summed E-state index contributed by atoms with van der Waals surface area (Å²) in [6, 6.07) is 1.30. The van der Waals surface area contributed by atoms with E-state index in [-0.39, 0.29) is 13.0 Å². The largest absolute Gasteiger partial charge is 0.393 e. The van der Waals surface area contributed by atoms with E-state index in [1.54, 1.807) is 4.90 Å². The van der Waals surface area contributed by atoms with Gasteiger partial charge in [-0.1, -0.05) is 0 Å². The number of nitrogens with two attached hydrogens (primary N) is 1. The van der Waals surface area contributed by atoms with Crippen LogP contribution in [0.3, 0.4) is 0 Å². The standard InChI is InChI=1S/C10H16F3N3/c11-10(12,13)8-2-1-4-16(7-8)5-3-9(15)6-14/h8-9H,1-5,7,15H2. The van der Waals surface area contributed by atoms with Gasteiger partial charge in [-0.2, -0.15) is 18.4 Å². The van der Waals surface area contributed by atoms with Crippen molar-refractivity contribution in [3.63, 3.8) is 0 Å². The monoisotopic (exact) mass is 235 g/mol. The molecule has 0 spiro atoms. The number of hydrogen-bond donors (Lipinski definition) is 1. The van der Waals surface area contributed by atoms with Gasteiger partial charge < -0.3 is 10.6 Å². The van der Waals surface area contributed by atoms with Gasteiger partial charge in [0.25, 0.3) is 0 Å². The van der Waals surface area contributed by atoms with Gasteiger partial charge in [-0.3, -0.25) is 0 Å². The van der Waals surface area contributed by atoms with E-state index in [1.165, 1.54) is 0 Å². The summed E-state index contributed by atoms with van der Waals surface area (Å²) in [5.41, 5.74) is 5.40. The maximum atomic E-state index is 12.5. The summed E-state index contributed by atoms with van der Waals surface area (Å²) in [6.07, 6.45) is -2.90. The van der Waals surface area contributed by atoms with Crippen LogP contribution in [0.25, 0.3) is 0 Å². The zero-order valence-corrected chi connectivity index (χ0v) is 9.00. The van der Waals surface area contributed by atoms with E-state index in [0.29, 0.717) is 25.9 Å². The van der Waals surface area contributed by atoms with E-state index in [1.807, 2.05) is 6.07 Å². The first-order chi connectivity index (χ1) is 7.43. The van der Waals surface area contributed by atoms with Gasteiger partial charge in [-0.15, -0.1) is 0 Å². The third-order valence-electron chi connectivity index (χ3n) is 2.89. The molecule has 92 valence electrons. The van der Waals surface area contributed by atoms with E-state index in [2.05, 4.69) is 0 Å². The second-order valence-electron chi connectivity index (χ2n) is 4.21. The minimum atomic E-state index is -4.10. The number of rotatable bonds is 3. The summed E-state index contributed by atoms with van der Waals surface area (Å²) in [5.74, 6) is -1.22. The van der Waals surface area contributed by atoms with Gasteiger partial charge in [0.15, 0.2) is 0 Å². The Bertz CT molecular complexity index is 259. The first-order valence-electron chi connectivity index (χ1n) is 5.37. The van der Waals surface area contributed by atoms with Crippen LogP contribution < -0.4 is 5.73 Å². The molecule has 1 rings (SSSR count). The number of hydrogen-bond acceptors (Lipinski definition) is 3. The zero-order valence-electron chi connectivity index (χ0n) is 9.00. The van der Waals surface area contributed by atoms with E-state index in [4.69, 9.17) is 11.0 Å². The highest BCUT2D eigenvalue weighted by Gasteiger charge is 2.41. The zero-order chi connectivity index (χ0) is 12.2. The topological polar surface area (TPSA) is 53.1 Å². The van der Waals surface area contributed by atoms with Crippen LogP contribution in [-0.2, 0) is 0 Å². The number of alkyl halides is 3.